The second kappa shape index (κ2) is 9.77. The number of carbonyl (C=O) groups is 3. The Morgan fingerprint density at radius 2 is 1.63 bits per heavy atom. The first-order valence-electron chi connectivity index (χ1n) is 11.0. The molecule has 2 aliphatic rings. The van der Waals surface area contributed by atoms with Gasteiger partial charge >= 0.3 is 11.9 Å². The van der Waals surface area contributed by atoms with E-state index in [9.17, 15) is 14.4 Å². The summed E-state index contributed by atoms with van der Waals surface area (Å²) in [5, 5.41) is 0. The fourth-order valence-corrected chi connectivity index (χ4v) is 5.01. The molecule has 2 rings (SSSR count). The van der Waals surface area contributed by atoms with Crippen LogP contribution in [0, 0.1) is 29.6 Å². The maximum Gasteiger partial charge on any atom is 0.311 e. The van der Waals surface area contributed by atoms with Gasteiger partial charge in [0.2, 0.25) is 0 Å². The SMILES string of the molecule is CO[C@H]1[C@H](C)C[C@@H](C)C[C@@]2(CO2)C(=O)[C@H](C)[C@@H](OC(C)=O)[C@@H](C)[C@@H](C)OC(=O)[C@@H]1C. The lowest BCUT2D eigenvalue weighted by atomic mass is 9.77. The molecule has 0 aromatic heterocycles. The number of ether oxygens (including phenoxy) is 4. The van der Waals surface area contributed by atoms with Gasteiger partial charge in [-0.2, -0.15) is 0 Å². The van der Waals surface area contributed by atoms with E-state index < -0.39 is 35.6 Å². The quantitative estimate of drug-likeness (QED) is 0.495. The van der Waals surface area contributed by atoms with E-state index in [0.717, 1.165) is 6.42 Å². The van der Waals surface area contributed by atoms with Gasteiger partial charge in [0.25, 0.3) is 0 Å². The monoisotopic (exact) mass is 426 g/mol. The van der Waals surface area contributed by atoms with Crippen LogP contribution >= 0.6 is 0 Å². The summed E-state index contributed by atoms with van der Waals surface area (Å²) < 4.78 is 22.6. The third-order valence-electron chi connectivity index (χ3n) is 6.86. The molecule has 7 heteroatoms. The summed E-state index contributed by atoms with van der Waals surface area (Å²) in [6, 6.07) is 0. The fourth-order valence-electron chi connectivity index (χ4n) is 5.01. The highest BCUT2D eigenvalue weighted by atomic mass is 16.6. The number of hydrogen-bond acceptors (Lipinski definition) is 7. The highest BCUT2D eigenvalue weighted by molar-refractivity contribution is 5.92. The molecule has 0 unspecified atom stereocenters. The van der Waals surface area contributed by atoms with E-state index in [-0.39, 0.29) is 35.6 Å². The van der Waals surface area contributed by atoms with Gasteiger partial charge in [-0.05, 0) is 38.5 Å². The number of methoxy groups -OCH3 is 1. The molecule has 1 spiro atoms. The number of esters is 2. The van der Waals surface area contributed by atoms with Crippen molar-refractivity contribution in [2.24, 2.45) is 29.6 Å². The van der Waals surface area contributed by atoms with Crippen molar-refractivity contribution in [1.82, 2.24) is 0 Å². The Morgan fingerprint density at radius 3 is 2.13 bits per heavy atom. The Labute approximate surface area is 180 Å². The van der Waals surface area contributed by atoms with E-state index in [2.05, 4.69) is 13.8 Å². The Hall–Kier alpha value is -1.47. The molecule has 0 amide bonds. The highest BCUT2D eigenvalue weighted by Gasteiger charge is 2.56. The van der Waals surface area contributed by atoms with Crippen LogP contribution in [0.5, 0.6) is 0 Å². The second-order valence-electron chi connectivity index (χ2n) is 9.52. The number of rotatable bonds is 2. The van der Waals surface area contributed by atoms with Crippen LogP contribution in [-0.4, -0.2) is 55.4 Å². The lowest BCUT2D eigenvalue weighted by Gasteiger charge is -2.35. The zero-order chi connectivity index (χ0) is 22.8. The molecule has 0 saturated carbocycles. The molecule has 7 nitrogen and oxygen atoms in total. The average molecular weight is 427 g/mol. The standard InChI is InChI=1S/C23H38O7/c1-12-9-13(2)19(27-8)16(5)22(26)29-17(6)14(3)20(30-18(7)24)15(4)21(25)23(10-12)11-28-23/h12-17,19-20H,9-11H2,1-8H3/t12-,13-,14+,15-,16-,17-,19+,20+,23-/m1/s1. The third kappa shape index (κ3) is 5.41. The van der Waals surface area contributed by atoms with Crippen molar-refractivity contribution in [3.63, 3.8) is 0 Å². The maximum atomic E-state index is 13.4. The smallest absolute Gasteiger partial charge is 0.311 e. The van der Waals surface area contributed by atoms with Gasteiger partial charge in [0.1, 0.15) is 12.2 Å². The van der Waals surface area contributed by atoms with Crippen molar-refractivity contribution < 1.29 is 33.3 Å². The minimum Gasteiger partial charge on any atom is -0.462 e. The van der Waals surface area contributed by atoms with Gasteiger partial charge in [-0.3, -0.25) is 14.4 Å². The van der Waals surface area contributed by atoms with Gasteiger partial charge in [0.05, 0.1) is 24.5 Å². The fraction of sp³-hybridized carbons (Fsp3) is 0.870. The van der Waals surface area contributed by atoms with Crippen molar-refractivity contribution in [1.29, 1.82) is 0 Å². The molecule has 2 heterocycles. The Kier molecular flexibility index (Phi) is 8.08. The van der Waals surface area contributed by atoms with Gasteiger partial charge in [0, 0.05) is 20.0 Å². The molecule has 0 N–H and O–H groups in total. The van der Waals surface area contributed by atoms with Crippen LogP contribution in [0.3, 0.4) is 0 Å². The summed E-state index contributed by atoms with van der Waals surface area (Å²) in [4.78, 5) is 38.0. The molecule has 0 aromatic carbocycles. The van der Waals surface area contributed by atoms with Crippen molar-refractivity contribution in [3.8, 4) is 0 Å². The molecule has 0 radical (unpaired) electrons. The summed E-state index contributed by atoms with van der Waals surface area (Å²) in [6.07, 6.45) is -0.135. The first-order valence-corrected chi connectivity index (χ1v) is 11.0. The Balaban J connectivity index is 2.39. The molecule has 2 fully saturated rings. The third-order valence-corrected chi connectivity index (χ3v) is 6.86. The van der Waals surface area contributed by atoms with E-state index in [0.29, 0.717) is 13.0 Å². The highest BCUT2D eigenvalue weighted by Crippen LogP contribution is 2.41. The predicted octanol–water partition coefficient (Wildman–Crippen LogP) is 3.18. The van der Waals surface area contributed by atoms with Gasteiger partial charge in [-0.25, -0.2) is 0 Å². The number of hydrogen-bond donors (Lipinski definition) is 0. The van der Waals surface area contributed by atoms with E-state index in [1.165, 1.54) is 6.92 Å². The van der Waals surface area contributed by atoms with Crippen LogP contribution in [0.25, 0.3) is 0 Å². The topological polar surface area (TPSA) is 91.4 Å². The molecule has 0 aromatic rings. The average Bonchev–Trinajstić information content (AvgIpc) is 3.44. The van der Waals surface area contributed by atoms with Crippen LogP contribution in [0.4, 0.5) is 0 Å². The molecule has 9 atom stereocenters. The molecular formula is C23H38O7. The van der Waals surface area contributed by atoms with E-state index >= 15 is 0 Å². The molecular weight excluding hydrogens is 388 g/mol. The van der Waals surface area contributed by atoms with Crippen LogP contribution in [-0.2, 0) is 33.3 Å². The molecule has 2 saturated heterocycles. The van der Waals surface area contributed by atoms with Gasteiger partial charge in [-0.15, -0.1) is 0 Å². The number of epoxide rings is 1. The van der Waals surface area contributed by atoms with E-state index in [4.69, 9.17) is 18.9 Å². The van der Waals surface area contributed by atoms with Crippen molar-refractivity contribution >= 4 is 17.7 Å². The number of Topliss-reactive ketones (excluding diaryl/α,β-unsaturated/α-hetero) is 1. The summed E-state index contributed by atoms with van der Waals surface area (Å²) in [6.45, 7) is 13.1. The van der Waals surface area contributed by atoms with Crippen LogP contribution in [0.15, 0.2) is 0 Å². The first-order chi connectivity index (χ1) is 13.9. The van der Waals surface area contributed by atoms with E-state index in [1.807, 2.05) is 13.8 Å². The number of cyclic esters (lactones) is 1. The normalized spacial score (nSPS) is 43.6. The first kappa shape index (κ1) is 24.8. The zero-order valence-electron chi connectivity index (χ0n) is 19.6. The van der Waals surface area contributed by atoms with Crippen LogP contribution in [0.1, 0.15) is 61.3 Å². The maximum absolute atomic E-state index is 13.4. The number of carbonyl (C=O) groups excluding carboxylic acids is 3. The predicted molar refractivity (Wildman–Crippen MR) is 111 cm³/mol. The van der Waals surface area contributed by atoms with Gasteiger partial charge in [-0.1, -0.05) is 27.7 Å². The van der Waals surface area contributed by atoms with Crippen molar-refractivity contribution in [2.45, 2.75) is 85.2 Å². The van der Waals surface area contributed by atoms with Crippen LogP contribution < -0.4 is 0 Å². The van der Waals surface area contributed by atoms with Gasteiger partial charge < -0.3 is 18.9 Å². The Bertz CT molecular complexity index is 641. The summed E-state index contributed by atoms with van der Waals surface area (Å²) in [5.74, 6) is -1.92. The second-order valence-corrected chi connectivity index (χ2v) is 9.52. The van der Waals surface area contributed by atoms with Crippen LogP contribution in [0.2, 0.25) is 0 Å². The zero-order valence-corrected chi connectivity index (χ0v) is 19.6. The van der Waals surface area contributed by atoms with Crippen molar-refractivity contribution in [2.75, 3.05) is 13.7 Å². The minimum absolute atomic E-state index is 0.0488. The number of ketones is 1. The molecule has 2 aliphatic heterocycles. The molecule has 30 heavy (non-hydrogen) atoms. The van der Waals surface area contributed by atoms with Crippen molar-refractivity contribution in [3.05, 3.63) is 0 Å². The van der Waals surface area contributed by atoms with Gasteiger partial charge in [0.15, 0.2) is 11.4 Å². The minimum atomic E-state index is -0.811. The molecule has 172 valence electrons. The molecule has 0 bridgehead atoms. The molecule has 0 aliphatic carbocycles. The summed E-state index contributed by atoms with van der Waals surface area (Å²) >= 11 is 0. The summed E-state index contributed by atoms with van der Waals surface area (Å²) in [5.41, 5.74) is -0.811. The summed E-state index contributed by atoms with van der Waals surface area (Å²) in [7, 11) is 1.61. The largest absolute Gasteiger partial charge is 0.462 e. The Morgan fingerprint density at radius 1 is 1.03 bits per heavy atom. The lowest BCUT2D eigenvalue weighted by molar-refractivity contribution is -0.169. The van der Waals surface area contributed by atoms with E-state index in [1.54, 1.807) is 21.0 Å². The lowest BCUT2D eigenvalue weighted by Crippen LogP contribution is -2.46.